The number of carbonyl (C=O) groups excluding carboxylic acids is 3. The molecule has 2 amide bonds. The largest absolute Gasteiger partial charge is 0.546 e. The van der Waals surface area contributed by atoms with Crippen molar-refractivity contribution in [1.82, 2.24) is 4.90 Å². The minimum Gasteiger partial charge on any atom is -0.546 e. The van der Waals surface area contributed by atoms with Crippen molar-refractivity contribution >= 4 is 58.2 Å². The zero-order chi connectivity index (χ0) is 21.8. The standard InChI is InChI=1S/C20H12Cl2N2O5S/c21-14-5-11(6-15(22)18(14)29-10-17(25)26)7-16-19(27)24(20(28)30-16)9-13-4-2-1-3-12(13)8-23/h1-7H,9-10H2,(H,25,26)/p-1/b16-7+. The third-order valence-electron chi connectivity index (χ3n) is 3.99. The first-order valence-electron chi connectivity index (χ1n) is 8.35. The number of ether oxygens (including phenoxy) is 1. The smallest absolute Gasteiger partial charge is 0.293 e. The van der Waals surface area contributed by atoms with Crippen LogP contribution in [0.15, 0.2) is 41.3 Å². The van der Waals surface area contributed by atoms with Gasteiger partial charge in [0.1, 0.15) is 6.61 Å². The van der Waals surface area contributed by atoms with Gasteiger partial charge in [-0.15, -0.1) is 0 Å². The molecule has 0 spiro atoms. The van der Waals surface area contributed by atoms with Crippen molar-refractivity contribution in [3.8, 4) is 11.8 Å². The van der Waals surface area contributed by atoms with E-state index in [1.807, 2.05) is 6.07 Å². The second-order valence-electron chi connectivity index (χ2n) is 6.01. The van der Waals surface area contributed by atoms with Crippen LogP contribution in [0.3, 0.4) is 0 Å². The molecule has 0 saturated carbocycles. The summed E-state index contributed by atoms with van der Waals surface area (Å²) in [6.45, 7) is -0.745. The summed E-state index contributed by atoms with van der Waals surface area (Å²) in [6, 6.07) is 11.6. The van der Waals surface area contributed by atoms with Crippen LogP contribution in [-0.2, 0) is 16.1 Å². The van der Waals surface area contributed by atoms with Crippen molar-refractivity contribution in [1.29, 1.82) is 5.26 Å². The Kier molecular flexibility index (Phi) is 6.67. The monoisotopic (exact) mass is 461 g/mol. The number of imide groups is 1. The highest BCUT2D eigenvalue weighted by molar-refractivity contribution is 8.18. The van der Waals surface area contributed by atoms with Crippen LogP contribution in [-0.4, -0.2) is 28.6 Å². The molecule has 7 nitrogen and oxygen atoms in total. The molecule has 0 aliphatic carbocycles. The third kappa shape index (κ3) is 4.76. The SMILES string of the molecule is N#Cc1ccccc1CN1C(=O)S/C(=C/c2cc(Cl)c(OCC(=O)[O-])c(Cl)c2)C1=O. The van der Waals surface area contributed by atoms with Crippen LogP contribution in [0.1, 0.15) is 16.7 Å². The molecule has 1 fully saturated rings. The number of rotatable bonds is 6. The highest BCUT2D eigenvalue weighted by atomic mass is 35.5. The number of halogens is 2. The Morgan fingerprint density at radius 1 is 1.23 bits per heavy atom. The second kappa shape index (κ2) is 9.22. The normalized spacial score (nSPS) is 14.8. The van der Waals surface area contributed by atoms with Crippen molar-refractivity contribution in [2.45, 2.75) is 6.54 Å². The molecule has 152 valence electrons. The van der Waals surface area contributed by atoms with E-state index in [0.717, 1.165) is 16.7 Å². The Hall–Kier alpha value is -2.99. The van der Waals surface area contributed by atoms with E-state index < -0.39 is 23.7 Å². The molecule has 0 atom stereocenters. The van der Waals surface area contributed by atoms with Crippen molar-refractivity contribution in [3.05, 3.63) is 68.0 Å². The van der Waals surface area contributed by atoms with Gasteiger partial charge in [-0.05, 0) is 47.2 Å². The minimum absolute atomic E-state index is 0.0245. The maximum atomic E-state index is 12.7. The first-order valence-corrected chi connectivity index (χ1v) is 9.92. The average molecular weight is 462 g/mol. The predicted octanol–water partition coefficient (Wildman–Crippen LogP) is 3.23. The number of nitriles is 1. The summed E-state index contributed by atoms with van der Waals surface area (Å²) in [5.41, 5.74) is 1.36. The molecule has 0 radical (unpaired) electrons. The van der Waals surface area contributed by atoms with Gasteiger partial charge < -0.3 is 14.6 Å². The van der Waals surface area contributed by atoms with E-state index in [9.17, 15) is 24.8 Å². The molecular weight excluding hydrogens is 451 g/mol. The van der Waals surface area contributed by atoms with E-state index >= 15 is 0 Å². The lowest BCUT2D eigenvalue weighted by Crippen LogP contribution is -2.29. The van der Waals surface area contributed by atoms with Gasteiger partial charge in [-0.25, -0.2) is 0 Å². The number of nitrogens with zero attached hydrogens (tertiary/aromatic N) is 2. The van der Waals surface area contributed by atoms with E-state index in [-0.39, 0.29) is 27.2 Å². The van der Waals surface area contributed by atoms with Gasteiger partial charge in [-0.1, -0.05) is 41.4 Å². The van der Waals surface area contributed by atoms with Gasteiger partial charge >= 0.3 is 0 Å². The Bertz CT molecular complexity index is 1100. The predicted molar refractivity (Wildman–Crippen MR) is 110 cm³/mol. The molecule has 0 bridgehead atoms. The molecular formula is C20H11Cl2N2O5S-. The molecule has 3 rings (SSSR count). The second-order valence-corrected chi connectivity index (χ2v) is 7.82. The van der Waals surface area contributed by atoms with Crippen LogP contribution in [0.4, 0.5) is 4.79 Å². The fraction of sp³-hybridized carbons (Fsp3) is 0.100. The molecule has 2 aromatic rings. The van der Waals surface area contributed by atoms with Crippen LogP contribution in [0.25, 0.3) is 6.08 Å². The highest BCUT2D eigenvalue weighted by Gasteiger charge is 2.35. The summed E-state index contributed by atoms with van der Waals surface area (Å²) in [5, 5.41) is 19.3. The fourth-order valence-electron chi connectivity index (χ4n) is 2.66. The Labute approximate surface area is 185 Å². The number of carboxylic acids is 1. The lowest BCUT2D eigenvalue weighted by molar-refractivity contribution is -0.307. The van der Waals surface area contributed by atoms with Crippen LogP contribution in [0, 0.1) is 11.3 Å². The van der Waals surface area contributed by atoms with E-state index in [1.54, 1.807) is 24.3 Å². The molecule has 1 aliphatic rings. The van der Waals surface area contributed by atoms with Gasteiger partial charge in [0.2, 0.25) is 0 Å². The Balaban J connectivity index is 1.83. The topological polar surface area (TPSA) is 111 Å². The molecule has 0 aromatic heterocycles. The van der Waals surface area contributed by atoms with Gasteiger partial charge in [0, 0.05) is 0 Å². The lowest BCUT2D eigenvalue weighted by atomic mass is 10.1. The van der Waals surface area contributed by atoms with Gasteiger partial charge in [-0.3, -0.25) is 14.5 Å². The van der Waals surface area contributed by atoms with Crippen LogP contribution in [0.2, 0.25) is 10.0 Å². The third-order valence-corrected chi connectivity index (χ3v) is 5.46. The van der Waals surface area contributed by atoms with E-state index in [4.69, 9.17) is 27.9 Å². The number of carbonyl (C=O) groups is 3. The number of benzene rings is 2. The van der Waals surface area contributed by atoms with Crippen molar-refractivity contribution < 1.29 is 24.2 Å². The van der Waals surface area contributed by atoms with Crippen molar-refractivity contribution in [2.24, 2.45) is 0 Å². The summed E-state index contributed by atoms with van der Waals surface area (Å²) < 4.78 is 4.99. The number of hydrogen-bond acceptors (Lipinski definition) is 7. The molecule has 1 heterocycles. The van der Waals surface area contributed by atoms with Crippen molar-refractivity contribution in [3.63, 3.8) is 0 Å². The zero-order valence-corrected chi connectivity index (χ0v) is 17.4. The summed E-state index contributed by atoms with van der Waals surface area (Å²) in [4.78, 5) is 36.8. The summed E-state index contributed by atoms with van der Waals surface area (Å²) in [7, 11) is 0. The van der Waals surface area contributed by atoms with Gasteiger partial charge in [0.15, 0.2) is 5.75 Å². The fourth-order valence-corrected chi connectivity index (χ4v) is 4.11. The molecule has 10 heteroatoms. The first-order chi connectivity index (χ1) is 14.3. The molecule has 0 N–H and O–H groups in total. The summed E-state index contributed by atoms with van der Waals surface area (Å²) in [6.07, 6.45) is 1.45. The van der Waals surface area contributed by atoms with E-state index in [1.165, 1.54) is 18.2 Å². The molecule has 30 heavy (non-hydrogen) atoms. The number of amides is 2. The van der Waals surface area contributed by atoms with Gasteiger partial charge in [0.25, 0.3) is 11.1 Å². The average Bonchev–Trinajstić information content (AvgIpc) is 2.95. The van der Waals surface area contributed by atoms with E-state index in [2.05, 4.69) is 0 Å². The number of aliphatic carboxylic acids is 1. The maximum absolute atomic E-state index is 12.7. The zero-order valence-electron chi connectivity index (χ0n) is 15.1. The van der Waals surface area contributed by atoms with Crippen LogP contribution < -0.4 is 9.84 Å². The lowest BCUT2D eigenvalue weighted by Gasteiger charge is -2.13. The van der Waals surface area contributed by atoms with E-state index in [0.29, 0.717) is 16.7 Å². The first kappa shape index (κ1) is 21.7. The number of carboxylic acid groups (broad SMARTS) is 1. The maximum Gasteiger partial charge on any atom is 0.293 e. The van der Waals surface area contributed by atoms with Crippen LogP contribution in [0.5, 0.6) is 5.75 Å². The molecule has 1 saturated heterocycles. The summed E-state index contributed by atoms with van der Waals surface area (Å²) in [5.74, 6) is -1.97. The van der Waals surface area contributed by atoms with Crippen molar-refractivity contribution in [2.75, 3.05) is 6.61 Å². The Morgan fingerprint density at radius 3 is 2.53 bits per heavy atom. The highest BCUT2D eigenvalue weighted by Crippen LogP contribution is 2.37. The van der Waals surface area contributed by atoms with Gasteiger partial charge in [0.05, 0.1) is 39.1 Å². The number of hydrogen-bond donors (Lipinski definition) is 0. The van der Waals surface area contributed by atoms with Gasteiger partial charge in [-0.2, -0.15) is 5.26 Å². The Morgan fingerprint density at radius 2 is 1.90 bits per heavy atom. The number of thioether (sulfide) groups is 1. The quantitative estimate of drug-likeness (QED) is 0.606. The summed E-state index contributed by atoms with van der Waals surface area (Å²) >= 11 is 12.9. The minimum atomic E-state index is -1.43. The van der Waals surface area contributed by atoms with Crippen LogP contribution >= 0.6 is 35.0 Å². The molecule has 0 unspecified atom stereocenters. The molecule has 1 aliphatic heterocycles. The molecule has 2 aromatic carbocycles.